The highest BCUT2D eigenvalue weighted by Gasteiger charge is 2.33. The van der Waals surface area contributed by atoms with Gasteiger partial charge in [0.1, 0.15) is 5.52 Å². The van der Waals surface area contributed by atoms with E-state index in [4.69, 9.17) is 0 Å². The molecule has 0 saturated heterocycles. The van der Waals surface area contributed by atoms with Crippen LogP contribution >= 0.6 is 0 Å². The van der Waals surface area contributed by atoms with E-state index in [2.05, 4.69) is 15.3 Å². The number of carbonyl (C=O) groups excluding carboxylic acids is 1. The van der Waals surface area contributed by atoms with Gasteiger partial charge in [-0.15, -0.1) is 0 Å². The molecule has 0 bridgehead atoms. The largest absolute Gasteiger partial charge is 0.418 e. The van der Waals surface area contributed by atoms with Crippen molar-refractivity contribution in [2.45, 2.75) is 13.1 Å². The zero-order valence-corrected chi connectivity index (χ0v) is 16.8. The van der Waals surface area contributed by atoms with Crippen LogP contribution in [-0.4, -0.2) is 22.9 Å². The Hall–Kier alpha value is -3.74. The maximum Gasteiger partial charge on any atom is 0.418 e. The van der Waals surface area contributed by atoms with Crippen molar-refractivity contribution in [1.82, 2.24) is 15.3 Å². The number of alkyl halides is 3. The minimum Gasteiger partial charge on any atom is -0.355 e. The lowest BCUT2D eigenvalue weighted by molar-refractivity contribution is -0.136. The molecule has 4 nitrogen and oxygen atoms in total. The number of fused-ring (bicyclic) bond motifs is 1. The number of amides is 1. The molecule has 1 N–H and O–H groups in total. The Morgan fingerprint density at radius 3 is 2.23 bits per heavy atom. The summed E-state index contributed by atoms with van der Waals surface area (Å²) < 4.78 is 39.9. The lowest BCUT2D eigenvalue weighted by Gasteiger charge is -2.12. The van der Waals surface area contributed by atoms with E-state index in [1.807, 2.05) is 36.4 Å². The predicted molar refractivity (Wildman–Crippen MR) is 114 cm³/mol. The summed E-state index contributed by atoms with van der Waals surface area (Å²) in [6.07, 6.45) is -4.49. The average Bonchev–Trinajstić information content (AvgIpc) is 2.77. The summed E-state index contributed by atoms with van der Waals surface area (Å²) in [5.74, 6) is -0.168. The van der Waals surface area contributed by atoms with Crippen molar-refractivity contribution in [3.63, 3.8) is 0 Å². The van der Waals surface area contributed by atoms with Gasteiger partial charge in [0.05, 0.1) is 22.5 Å². The van der Waals surface area contributed by atoms with Gasteiger partial charge in [-0.1, -0.05) is 42.5 Å². The fraction of sp³-hybridized carbons (Fsp3) is 0.125. The smallest absolute Gasteiger partial charge is 0.355 e. The number of hydrogen-bond donors (Lipinski definition) is 1. The first-order valence-corrected chi connectivity index (χ1v) is 9.55. The van der Waals surface area contributed by atoms with Gasteiger partial charge in [-0.2, -0.15) is 13.2 Å². The van der Waals surface area contributed by atoms with Gasteiger partial charge in [0.2, 0.25) is 0 Å². The monoisotopic (exact) mass is 421 g/mol. The number of para-hydroxylation sites is 1. The standard InChI is InChI=1S/C24H18F3N3O/c1-14-21(30-20-8-4-7-19(22(20)29-14)24(25,26)27)16-11-9-15(10-12-16)17-5-3-6-18(13-17)23(31)28-2/h3-13H,1-2H3,(H,28,31). The third-order valence-corrected chi connectivity index (χ3v) is 5.02. The highest BCUT2D eigenvalue weighted by molar-refractivity contribution is 5.95. The van der Waals surface area contributed by atoms with Crippen LogP contribution in [0.1, 0.15) is 21.6 Å². The highest BCUT2D eigenvalue weighted by Crippen LogP contribution is 2.35. The van der Waals surface area contributed by atoms with E-state index in [0.29, 0.717) is 17.0 Å². The third kappa shape index (κ3) is 3.99. The van der Waals surface area contributed by atoms with Gasteiger partial charge in [0.15, 0.2) is 0 Å². The fourth-order valence-corrected chi connectivity index (χ4v) is 3.47. The lowest BCUT2D eigenvalue weighted by Crippen LogP contribution is -2.17. The van der Waals surface area contributed by atoms with Gasteiger partial charge in [-0.25, -0.2) is 9.97 Å². The topological polar surface area (TPSA) is 54.9 Å². The van der Waals surface area contributed by atoms with Crippen molar-refractivity contribution < 1.29 is 18.0 Å². The highest BCUT2D eigenvalue weighted by atomic mass is 19.4. The molecule has 7 heteroatoms. The van der Waals surface area contributed by atoms with E-state index >= 15 is 0 Å². The Morgan fingerprint density at radius 1 is 0.871 bits per heavy atom. The molecule has 1 amide bonds. The second-order valence-electron chi connectivity index (χ2n) is 7.07. The molecule has 0 fully saturated rings. The minimum atomic E-state index is -4.49. The number of aromatic nitrogens is 2. The van der Waals surface area contributed by atoms with Crippen molar-refractivity contribution in [2.75, 3.05) is 7.05 Å². The summed E-state index contributed by atoms with van der Waals surface area (Å²) in [6.45, 7) is 1.65. The molecular weight excluding hydrogens is 403 g/mol. The molecule has 31 heavy (non-hydrogen) atoms. The molecule has 0 unspecified atom stereocenters. The molecule has 0 aliphatic rings. The Morgan fingerprint density at radius 2 is 1.55 bits per heavy atom. The predicted octanol–water partition coefficient (Wildman–Crippen LogP) is 5.65. The summed E-state index contributed by atoms with van der Waals surface area (Å²) in [4.78, 5) is 20.5. The average molecular weight is 421 g/mol. The van der Waals surface area contributed by atoms with Crippen LogP contribution in [-0.2, 0) is 6.18 Å². The lowest BCUT2D eigenvalue weighted by atomic mass is 10.00. The van der Waals surface area contributed by atoms with E-state index in [1.165, 1.54) is 12.1 Å². The van der Waals surface area contributed by atoms with Gasteiger partial charge in [0.25, 0.3) is 5.91 Å². The van der Waals surface area contributed by atoms with Gasteiger partial charge in [-0.05, 0) is 42.3 Å². The van der Waals surface area contributed by atoms with E-state index in [-0.39, 0.29) is 16.9 Å². The van der Waals surface area contributed by atoms with Gasteiger partial charge < -0.3 is 5.32 Å². The van der Waals surface area contributed by atoms with Crippen LogP contribution in [0.25, 0.3) is 33.4 Å². The van der Waals surface area contributed by atoms with E-state index in [1.54, 1.807) is 26.1 Å². The Bertz CT molecular complexity index is 1280. The van der Waals surface area contributed by atoms with Crippen LogP contribution in [0.2, 0.25) is 0 Å². The SMILES string of the molecule is CNC(=O)c1cccc(-c2ccc(-c3nc4cccc(C(F)(F)F)c4nc3C)cc2)c1. The number of hydrogen-bond acceptors (Lipinski definition) is 3. The first-order chi connectivity index (χ1) is 14.8. The van der Waals surface area contributed by atoms with Crippen molar-refractivity contribution in [2.24, 2.45) is 0 Å². The molecule has 0 aliphatic heterocycles. The molecule has 1 heterocycles. The van der Waals surface area contributed by atoms with E-state index < -0.39 is 11.7 Å². The maximum absolute atomic E-state index is 13.3. The second kappa shape index (κ2) is 7.83. The summed E-state index contributed by atoms with van der Waals surface area (Å²) in [7, 11) is 1.58. The number of nitrogens with zero attached hydrogens (tertiary/aromatic N) is 2. The molecule has 4 rings (SSSR count). The number of carbonyl (C=O) groups is 1. The summed E-state index contributed by atoms with van der Waals surface area (Å²) >= 11 is 0. The van der Waals surface area contributed by atoms with Crippen molar-refractivity contribution >= 4 is 16.9 Å². The van der Waals surface area contributed by atoms with Gasteiger partial charge in [0, 0.05) is 18.2 Å². The van der Waals surface area contributed by atoms with Crippen LogP contribution in [0.4, 0.5) is 13.2 Å². The molecule has 1 aromatic heterocycles. The van der Waals surface area contributed by atoms with Gasteiger partial charge >= 0.3 is 6.18 Å². The maximum atomic E-state index is 13.3. The summed E-state index contributed by atoms with van der Waals surface area (Å²) in [5, 5.41) is 2.60. The first kappa shape index (κ1) is 20.5. The van der Waals surface area contributed by atoms with Crippen LogP contribution in [0.15, 0.2) is 66.7 Å². The molecule has 3 aromatic carbocycles. The van der Waals surface area contributed by atoms with Crippen molar-refractivity contribution in [3.8, 4) is 22.4 Å². The zero-order chi connectivity index (χ0) is 22.2. The number of aryl methyl sites for hydroxylation is 1. The fourth-order valence-electron chi connectivity index (χ4n) is 3.47. The number of benzene rings is 3. The van der Waals surface area contributed by atoms with Crippen LogP contribution in [0.3, 0.4) is 0 Å². The molecular formula is C24H18F3N3O. The summed E-state index contributed by atoms with van der Waals surface area (Å²) in [6, 6.07) is 18.6. The quantitative estimate of drug-likeness (QED) is 0.465. The third-order valence-electron chi connectivity index (χ3n) is 5.02. The van der Waals surface area contributed by atoms with Gasteiger partial charge in [-0.3, -0.25) is 4.79 Å². The summed E-state index contributed by atoms with van der Waals surface area (Å²) in [5.41, 5.74) is 3.27. The normalized spacial score (nSPS) is 11.5. The van der Waals surface area contributed by atoms with E-state index in [0.717, 1.165) is 22.8 Å². The van der Waals surface area contributed by atoms with Crippen molar-refractivity contribution in [1.29, 1.82) is 0 Å². The Labute approximate surface area is 176 Å². The molecule has 0 spiro atoms. The number of nitrogens with one attached hydrogen (secondary N) is 1. The number of rotatable bonds is 3. The Kier molecular flexibility index (Phi) is 5.19. The second-order valence-corrected chi connectivity index (χ2v) is 7.07. The van der Waals surface area contributed by atoms with Crippen LogP contribution < -0.4 is 5.32 Å². The van der Waals surface area contributed by atoms with Crippen LogP contribution in [0.5, 0.6) is 0 Å². The molecule has 156 valence electrons. The zero-order valence-electron chi connectivity index (χ0n) is 16.8. The number of halogens is 3. The van der Waals surface area contributed by atoms with Crippen molar-refractivity contribution in [3.05, 3.63) is 83.6 Å². The van der Waals surface area contributed by atoms with Crippen LogP contribution in [0, 0.1) is 6.92 Å². The first-order valence-electron chi connectivity index (χ1n) is 9.55. The molecule has 4 aromatic rings. The van der Waals surface area contributed by atoms with E-state index in [9.17, 15) is 18.0 Å². The minimum absolute atomic E-state index is 0.154. The molecule has 0 aliphatic carbocycles. The Balaban J connectivity index is 1.73. The molecule has 0 radical (unpaired) electrons. The molecule has 0 atom stereocenters. The molecule has 0 saturated carbocycles.